The van der Waals surface area contributed by atoms with Crippen LogP contribution in [0.15, 0.2) is 42.6 Å². The lowest BCUT2D eigenvalue weighted by atomic mass is 10.2. The molecule has 0 spiro atoms. The van der Waals surface area contributed by atoms with E-state index >= 15 is 0 Å². The van der Waals surface area contributed by atoms with Gasteiger partial charge in [-0.05, 0) is 43.3 Å². The van der Waals surface area contributed by atoms with Crippen LogP contribution in [0.3, 0.4) is 0 Å². The van der Waals surface area contributed by atoms with E-state index in [2.05, 4.69) is 15.3 Å². The summed E-state index contributed by atoms with van der Waals surface area (Å²) >= 11 is 6.18. The number of hydrogen-bond donors (Lipinski definition) is 2. The molecule has 0 fully saturated rings. The molecule has 2 heterocycles. The van der Waals surface area contributed by atoms with Crippen LogP contribution in [-0.4, -0.2) is 9.97 Å². The third-order valence-corrected chi connectivity index (χ3v) is 3.36. The number of aryl methyl sites for hydroxylation is 1. The third-order valence-electron chi connectivity index (χ3n) is 3.04. The molecule has 1 aromatic carbocycles. The normalized spacial score (nSPS) is 10.7. The summed E-state index contributed by atoms with van der Waals surface area (Å²) in [5.41, 5.74) is 9.05. The van der Waals surface area contributed by atoms with E-state index in [-0.39, 0.29) is 0 Å². The molecule has 0 unspecified atom stereocenters. The Morgan fingerprint density at radius 1 is 1.15 bits per heavy atom. The van der Waals surface area contributed by atoms with Crippen molar-refractivity contribution >= 4 is 39.7 Å². The van der Waals surface area contributed by atoms with Gasteiger partial charge < -0.3 is 11.1 Å². The Bertz CT molecular complexity index is 786. The van der Waals surface area contributed by atoms with Gasteiger partial charge in [-0.3, -0.25) is 4.98 Å². The summed E-state index contributed by atoms with van der Waals surface area (Å²) in [5.74, 6) is 0.624. The standard InChI is InChI=1S/C15H13ClN4/c1-9-4-6-12(17)15(19-9)20-13-7-5-11(16)10-3-2-8-18-14(10)13/h2-8H,17H2,1H3,(H,19,20). The molecular weight excluding hydrogens is 272 g/mol. The Morgan fingerprint density at radius 2 is 2.00 bits per heavy atom. The van der Waals surface area contributed by atoms with Gasteiger partial charge in [0, 0.05) is 17.3 Å². The number of pyridine rings is 2. The number of fused-ring (bicyclic) bond motifs is 1. The highest BCUT2D eigenvalue weighted by atomic mass is 35.5. The maximum absolute atomic E-state index is 6.18. The summed E-state index contributed by atoms with van der Waals surface area (Å²) in [6.45, 7) is 1.92. The molecule has 0 aliphatic rings. The molecular formula is C15H13ClN4. The van der Waals surface area contributed by atoms with E-state index in [0.29, 0.717) is 16.5 Å². The molecule has 0 saturated carbocycles. The van der Waals surface area contributed by atoms with E-state index < -0.39 is 0 Å². The van der Waals surface area contributed by atoms with Crippen LogP contribution < -0.4 is 11.1 Å². The number of nitrogens with one attached hydrogen (secondary N) is 1. The van der Waals surface area contributed by atoms with Gasteiger partial charge in [-0.1, -0.05) is 11.6 Å². The zero-order valence-electron chi connectivity index (χ0n) is 10.9. The first-order valence-electron chi connectivity index (χ1n) is 6.18. The number of nitrogens with zero attached hydrogens (tertiary/aromatic N) is 2. The van der Waals surface area contributed by atoms with Crippen molar-refractivity contribution in [3.63, 3.8) is 0 Å². The molecule has 0 saturated heterocycles. The van der Waals surface area contributed by atoms with E-state index in [0.717, 1.165) is 22.3 Å². The molecule has 2 aromatic heterocycles. The highest BCUT2D eigenvalue weighted by Gasteiger charge is 2.08. The van der Waals surface area contributed by atoms with Crippen LogP contribution in [0.5, 0.6) is 0 Å². The van der Waals surface area contributed by atoms with E-state index in [4.69, 9.17) is 17.3 Å². The molecule has 0 amide bonds. The van der Waals surface area contributed by atoms with Gasteiger partial charge in [0.25, 0.3) is 0 Å². The Balaban J connectivity index is 2.11. The highest BCUT2D eigenvalue weighted by molar-refractivity contribution is 6.35. The Labute approximate surface area is 121 Å². The van der Waals surface area contributed by atoms with Gasteiger partial charge in [-0.25, -0.2) is 4.98 Å². The lowest BCUT2D eigenvalue weighted by Gasteiger charge is -2.11. The second-order valence-electron chi connectivity index (χ2n) is 4.51. The van der Waals surface area contributed by atoms with Crippen LogP contribution in [0.25, 0.3) is 10.9 Å². The molecule has 0 aliphatic heterocycles. The van der Waals surface area contributed by atoms with Crippen molar-refractivity contribution in [2.24, 2.45) is 0 Å². The number of nitrogens with two attached hydrogens (primary N) is 1. The van der Waals surface area contributed by atoms with Crippen molar-refractivity contribution < 1.29 is 0 Å². The average molecular weight is 285 g/mol. The summed E-state index contributed by atoms with van der Waals surface area (Å²) in [6, 6.07) is 11.2. The average Bonchev–Trinajstić information content (AvgIpc) is 2.46. The minimum absolute atomic E-state index is 0.592. The summed E-state index contributed by atoms with van der Waals surface area (Å²) < 4.78 is 0. The van der Waals surface area contributed by atoms with Crippen LogP contribution in [0.2, 0.25) is 5.02 Å². The maximum atomic E-state index is 6.18. The zero-order chi connectivity index (χ0) is 14.1. The van der Waals surface area contributed by atoms with Crippen LogP contribution >= 0.6 is 11.6 Å². The summed E-state index contributed by atoms with van der Waals surface area (Å²) in [5, 5.41) is 4.79. The molecule has 0 aliphatic carbocycles. The monoisotopic (exact) mass is 284 g/mol. The maximum Gasteiger partial charge on any atom is 0.153 e. The molecule has 100 valence electrons. The van der Waals surface area contributed by atoms with Crippen LogP contribution in [0.1, 0.15) is 5.69 Å². The lowest BCUT2D eigenvalue weighted by Crippen LogP contribution is -2.01. The molecule has 20 heavy (non-hydrogen) atoms. The van der Waals surface area contributed by atoms with E-state index in [9.17, 15) is 0 Å². The number of hydrogen-bond acceptors (Lipinski definition) is 4. The fourth-order valence-corrected chi connectivity index (χ4v) is 2.25. The van der Waals surface area contributed by atoms with E-state index in [1.165, 1.54) is 0 Å². The van der Waals surface area contributed by atoms with E-state index in [1.807, 2.05) is 43.3 Å². The SMILES string of the molecule is Cc1ccc(N)c(Nc2ccc(Cl)c3cccnc23)n1. The third kappa shape index (κ3) is 2.26. The van der Waals surface area contributed by atoms with Crippen molar-refractivity contribution in [2.75, 3.05) is 11.1 Å². The van der Waals surface area contributed by atoms with Crippen molar-refractivity contribution in [2.45, 2.75) is 6.92 Å². The van der Waals surface area contributed by atoms with Gasteiger partial charge in [-0.2, -0.15) is 0 Å². The van der Waals surface area contributed by atoms with Gasteiger partial charge >= 0.3 is 0 Å². The van der Waals surface area contributed by atoms with Crippen LogP contribution in [-0.2, 0) is 0 Å². The zero-order valence-corrected chi connectivity index (χ0v) is 11.6. The number of benzene rings is 1. The van der Waals surface area contributed by atoms with Gasteiger partial charge in [0.05, 0.1) is 21.9 Å². The highest BCUT2D eigenvalue weighted by Crippen LogP contribution is 2.30. The van der Waals surface area contributed by atoms with Crippen molar-refractivity contribution in [1.29, 1.82) is 0 Å². The number of halogens is 1. The molecule has 5 heteroatoms. The smallest absolute Gasteiger partial charge is 0.153 e. The first-order valence-corrected chi connectivity index (χ1v) is 6.56. The number of nitrogen functional groups attached to an aromatic ring is 1. The summed E-state index contributed by atoms with van der Waals surface area (Å²) in [7, 11) is 0. The van der Waals surface area contributed by atoms with Gasteiger partial charge in [0.2, 0.25) is 0 Å². The van der Waals surface area contributed by atoms with Gasteiger partial charge in [-0.15, -0.1) is 0 Å². The predicted molar refractivity (Wildman–Crippen MR) is 83.4 cm³/mol. The molecule has 3 aromatic rings. The number of aromatic nitrogens is 2. The topological polar surface area (TPSA) is 63.8 Å². The molecule has 0 radical (unpaired) electrons. The fourth-order valence-electron chi connectivity index (χ4n) is 2.03. The van der Waals surface area contributed by atoms with Gasteiger partial charge in [0.15, 0.2) is 5.82 Å². The van der Waals surface area contributed by atoms with Gasteiger partial charge in [0.1, 0.15) is 0 Å². The van der Waals surface area contributed by atoms with Crippen molar-refractivity contribution in [3.05, 3.63) is 53.3 Å². The lowest BCUT2D eigenvalue weighted by molar-refractivity contribution is 1.20. The summed E-state index contributed by atoms with van der Waals surface area (Å²) in [4.78, 5) is 8.78. The first-order chi connectivity index (χ1) is 9.65. The molecule has 0 atom stereocenters. The number of anilines is 3. The van der Waals surface area contributed by atoms with E-state index in [1.54, 1.807) is 6.20 Å². The molecule has 4 nitrogen and oxygen atoms in total. The first kappa shape index (κ1) is 12.7. The molecule has 0 bridgehead atoms. The van der Waals surface area contributed by atoms with Crippen LogP contribution in [0, 0.1) is 6.92 Å². The Morgan fingerprint density at radius 3 is 2.85 bits per heavy atom. The summed E-state index contributed by atoms with van der Waals surface area (Å²) in [6.07, 6.45) is 1.73. The Kier molecular flexibility index (Phi) is 3.16. The minimum Gasteiger partial charge on any atom is -0.396 e. The minimum atomic E-state index is 0.592. The molecule has 3 rings (SSSR count). The second kappa shape index (κ2) is 4.98. The predicted octanol–water partition coefficient (Wildman–Crippen LogP) is 3.92. The quantitative estimate of drug-likeness (QED) is 0.749. The largest absolute Gasteiger partial charge is 0.396 e. The Hall–Kier alpha value is -2.33. The number of rotatable bonds is 2. The fraction of sp³-hybridized carbons (Fsp3) is 0.0667. The van der Waals surface area contributed by atoms with Crippen molar-refractivity contribution in [1.82, 2.24) is 9.97 Å². The molecule has 3 N–H and O–H groups in total. The van der Waals surface area contributed by atoms with Crippen molar-refractivity contribution in [3.8, 4) is 0 Å². The second-order valence-corrected chi connectivity index (χ2v) is 4.92. The van der Waals surface area contributed by atoms with Crippen LogP contribution in [0.4, 0.5) is 17.2 Å².